The Balaban J connectivity index is 1.45. The summed E-state index contributed by atoms with van der Waals surface area (Å²) in [6.45, 7) is 6.31. The Labute approximate surface area is 162 Å². The predicted molar refractivity (Wildman–Crippen MR) is 105 cm³/mol. The van der Waals surface area contributed by atoms with E-state index in [0.29, 0.717) is 36.0 Å². The molecule has 0 aliphatic rings. The molecule has 8 nitrogen and oxygen atoms in total. The van der Waals surface area contributed by atoms with Gasteiger partial charge in [-0.25, -0.2) is 13.9 Å². The molecule has 0 saturated carbocycles. The largest absolute Gasteiger partial charge is 0.367 e. The highest BCUT2D eigenvalue weighted by molar-refractivity contribution is 5.90. The Hall–Kier alpha value is -3.49. The van der Waals surface area contributed by atoms with Gasteiger partial charge in [0.05, 0.1) is 5.69 Å². The molecule has 0 unspecified atom stereocenters. The van der Waals surface area contributed by atoms with Crippen molar-refractivity contribution in [3.8, 4) is 5.82 Å². The van der Waals surface area contributed by atoms with Crippen molar-refractivity contribution in [2.24, 2.45) is 0 Å². The standard InChI is InChI=1S/C19H22FN7O/c1-12-11-13(2)27(26-12)18-8-7-17(24-25-18)21-9-10-22-19(28)23-16-6-4-5-15(20)14(16)3/h4-8,11H,9-10H2,1-3H3,(H,21,24)(H2,22,23,28). The lowest BCUT2D eigenvalue weighted by Crippen LogP contribution is -2.33. The van der Waals surface area contributed by atoms with Crippen LogP contribution in [0.5, 0.6) is 0 Å². The molecular weight excluding hydrogens is 361 g/mol. The van der Waals surface area contributed by atoms with Gasteiger partial charge < -0.3 is 16.0 Å². The maximum atomic E-state index is 13.5. The van der Waals surface area contributed by atoms with E-state index in [1.807, 2.05) is 26.0 Å². The molecule has 0 aliphatic heterocycles. The predicted octanol–water partition coefficient (Wildman–Crippen LogP) is 2.96. The second kappa shape index (κ2) is 8.47. The molecule has 0 saturated heterocycles. The molecule has 0 aliphatic carbocycles. The van der Waals surface area contributed by atoms with Crippen molar-refractivity contribution in [2.45, 2.75) is 20.8 Å². The Morgan fingerprint density at radius 2 is 1.93 bits per heavy atom. The summed E-state index contributed by atoms with van der Waals surface area (Å²) in [4.78, 5) is 11.9. The average molecular weight is 383 g/mol. The minimum Gasteiger partial charge on any atom is -0.367 e. The van der Waals surface area contributed by atoms with Gasteiger partial charge in [0.25, 0.3) is 0 Å². The monoisotopic (exact) mass is 383 g/mol. The molecule has 2 amide bonds. The number of aryl methyl sites for hydroxylation is 2. The van der Waals surface area contributed by atoms with Crippen LogP contribution in [0.2, 0.25) is 0 Å². The van der Waals surface area contributed by atoms with E-state index in [9.17, 15) is 9.18 Å². The first-order valence-electron chi connectivity index (χ1n) is 8.85. The van der Waals surface area contributed by atoms with Crippen LogP contribution < -0.4 is 16.0 Å². The number of nitrogens with one attached hydrogen (secondary N) is 3. The van der Waals surface area contributed by atoms with E-state index < -0.39 is 6.03 Å². The Morgan fingerprint density at radius 3 is 2.61 bits per heavy atom. The molecule has 2 aromatic heterocycles. The number of halogens is 1. The van der Waals surface area contributed by atoms with Crippen LogP contribution in [-0.4, -0.2) is 39.1 Å². The summed E-state index contributed by atoms with van der Waals surface area (Å²) in [5, 5.41) is 21.1. The Bertz CT molecular complexity index is 969. The Kier molecular flexibility index (Phi) is 5.83. The van der Waals surface area contributed by atoms with E-state index in [4.69, 9.17) is 0 Å². The molecule has 0 fully saturated rings. The molecule has 0 spiro atoms. The minimum atomic E-state index is -0.401. The van der Waals surface area contributed by atoms with E-state index in [1.165, 1.54) is 6.07 Å². The number of aromatic nitrogens is 4. The number of carbonyl (C=O) groups is 1. The van der Waals surface area contributed by atoms with Crippen molar-refractivity contribution < 1.29 is 9.18 Å². The molecule has 3 N–H and O–H groups in total. The van der Waals surface area contributed by atoms with Gasteiger partial charge in [0, 0.05) is 30.0 Å². The van der Waals surface area contributed by atoms with Crippen LogP contribution in [0.3, 0.4) is 0 Å². The summed E-state index contributed by atoms with van der Waals surface area (Å²) >= 11 is 0. The SMILES string of the molecule is Cc1cc(C)n(-c2ccc(NCCNC(=O)Nc3cccc(F)c3C)nn2)n1. The van der Waals surface area contributed by atoms with Gasteiger partial charge in [-0.2, -0.15) is 5.10 Å². The van der Waals surface area contributed by atoms with Gasteiger partial charge in [-0.1, -0.05) is 6.07 Å². The maximum absolute atomic E-state index is 13.5. The van der Waals surface area contributed by atoms with E-state index in [0.717, 1.165) is 11.4 Å². The number of carbonyl (C=O) groups excluding carboxylic acids is 1. The fraction of sp³-hybridized carbons (Fsp3) is 0.263. The first-order chi connectivity index (χ1) is 13.4. The summed E-state index contributed by atoms with van der Waals surface area (Å²) in [5.74, 6) is 0.870. The highest BCUT2D eigenvalue weighted by Gasteiger charge is 2.08. The number of hydrogen-bond donors (Lipinski definition) is 3. The van der Waals surface area contributed by atoms with Crippen LogP contribution in [0.25, 0.3) is 5.82 Å². The van der Waals surface area contributed by atoms with Gasteiger partial charge in [0.2, 0.25) is 0 Å². The van der Waals surface area contributed by atoms with Gasteiger partial charge in [-0.05, 0) is 51.1 Å². The lowest BCUT2D eigenvalue weighted by molar-refractivity contribution is 0.252. The summed E-state index contributed by atoms with van der Waals surface area (Å²) in [6.07, 6.45) is 0. The zero-order chi connectivity index (χ0) is 20.1. The van der Waals surface area contributed by atoms with E-state index >= 15 is 0 Å². The molecule has 9 heteroatoms. The van der Waals surface area contributed by atoms with Crippen molar-refractivity contribution in [3.63, 3.8) is 0 Å². The van der Waals surface area contributed by atoms with Crippen LogP contribution in [0.4, 0.5) is 20.7 Å². The fourth-order valence-electron chi connectivity index (χ4n) is 2.67. The summed E-state index contributed by atoms with van der Waals surface area (Å²) < 4.78 is 15.2. The average Bonchev–Trinajstić information content (AvgIpc) is 3.01. The second-order valence-corrected chi connectivity index (χ2v) is 6.34. The smallest absolute Gasteiger partial charge is 0.319 e. The number of anilines is 2. The molecule has 2 heterocycles. The molecule has 28 heavy (non-hydrogen) atoms. The van der Waals surface area contributed by atoms with E-state index in [2.05, 4.69) is 31.2 Å². The molecular formula is C19H22FN7O. The Morgan fingerprint density at radius 1 is 1.11 bits per heavy atom. The van der Waals surface area contributed by atoms with Gasteiger partial charge in [0.1, 0.15) is 11.6 Å². The zero-order valence-electron chi connectivity index (χ0n) is 16.0. The highest BCUT2D eigenvalue weighted by Crippen LogP contribution is 2.17. The van der Waals surface area contributed by atoms with Crippen molar-refractivity contribution in [1.29, 1.82) is 0 Å². The molecule has 0 bridgehead atoms. The van der Waals surface area contributed by atoms with Gasteiger partial charge in [-0.15, -0.1) is 10.2 Å². The van der Waals surface area contributed by atoms with E-state index in [-0.39, 0.29) is 5.82 Å². The van der Waals surface area contributed by atoms with Crippen molar-refractivity contribution >= 4 is 17.5 Å². The van der Waals surface area contributed by atoms with Crippen molar-refractivity contribution in [2.75, 3.05) is 23.7 Å². The van der Waals surface area contributed by atoms with E-state index in [1.54, 1.807) is 29.8 Å². The van der Waals surface area contributed by atoms with Gasteiger partial charge in [0.15, 0.2) is 5.82 Å². The molecule has 3 aromatic rings. The topological polar surface area (TPSA) is 96.8 Å². The van der Waals surface area contributed by atoms with Gasteiger partial charge in [-0.3, -0.25) is 0 Å². The maximum Gasteiger partial charge on any atom is 0.319 e. The third kappa shape index (κ3) is 4.61. The molecule has 0 atom stereocenters. The second-order valence-electron chi connectivity index (χ2n) is 6.34. The van der Waals surface area contributed by atoms with Crippen LogP contribution in [-0.2, 0) is 0 Å². The molecule has 1 aromatic carbocycles. The van der Waals surface area contributed by atoms with Crippen molar-refractivity contribution in [1.82, 2.24) is 25.3 Å². The fourth-order valence-corrected chi connectivity index (χ4v) is 2.67. The minimum absolute atomic E-state index is 0.359. The summed E-state index contributed by atoms with van der Waals surface area (Å²) in [6, 6.07) is 9.74. The number of amides is 2. The van der Waals surface area contributed by atoms with Crippen LogP contribution in [0.1, 0.15) is 17.0 Å². The highest BCUT2D eigenvalue weighted by atomic mass is 19.1. The van der Waals surface area contributed by atoms with Crippen LogP contribution >= 0.6 is 0 Å². The summed E-state index contributed by atoms with van der Waals surface area (Å²) in [5.41, 5.74) is 2.74. The third-order valence-electron chi connectivity index (χ3n) is 4.11. The quantitative estimate of drug-likeness (QED) is 0.569. The molecule has 3 rings (SSSR count). The lowest BCUT2D eigenvalue weighted by atomic mass is 10.2. The number of rotatable bonds is 6. The summed E-state index contributed by atoms with van der Waals surface area (Å²) in [7, 11) is 0. The van der Waals surface area contributed by atoms with Crippen molar-refractivity contribution in [3.05, 3.63) is 59.2 Å². The lowest BCUT2D eigenvalue weighted by Gasteiger charge is -2.11. The van der Waals surface area contributed by atoms with Crippen LogP contribution in [0, 0.1) is 26.6 Å². The number of nitrogens with zero attached hydrogens (tertiary/aromatic N) is 4. The molecule has 146 valence electrons. The van der Waals surface area contributed by atoms with Gasteiger partial charge >= 0.3 is 6.03 Å². The number of benzene rings is 1. The van der Waals surface area contributed by atoms with Crippen LogP contribution in [0.15, 0.2) is 36.4 Å². The molecule has 0 radical (unpaired) electrons. The normalized spacial score (nSPS) is 10.6. The number of urea groups is 1. The first-order valence-corrected chi connectivity index (χ1v) is 8.85. The number of hydrogen-bond acceptors (Lipinski definition) is 5. The third-order valence-corrected chi connectivity index (χ3v) is 4.11. The zero-order valence-corrected chi connectivity index (χ0v) is 16.0. The first kappa shape index (κ1) is 19.3.